The number of nitrogens with zero attached hydrogens (tertiary/aromatic N) is 4. The summed E-state index contributed by atoms with van der Waals surface area (Å²) in [6.45, 7) is 3.90. The lowest BCUT2D eigenvalue weighted by Gasteiger charge is -2.27. The van der Waals surface area contributed by atoms with Gasteiger partial charge in [0.05, 0.1) is 11.0 Å². The third-order valence-electron chi connectivity index (χ3n) is 8.07. The van der Waals surface area contributed by atoms with Crippen LogP contribution in [0, 0.1) is 11.8 Å². The fourth-order valence-corrected chi connectivity index (χ4v) is 6.28. The van der Waals surface area contributed by atoms with E-state index in [2.05, 4.69) is 15.3 Å². The van der Waals surface area contributed by atoms with Gasteiger partial charge in [0.15, 0.2) is 5.82 Å². The van der Waals surface area contributed by atoms with E-state index in [1.165, 1.54) is 17.8 Å². The molecule has 1 aromatic carbocycles. The zero-order valence-electron chi connectivity index (χ0n) is 21.0. The predicted molar refractivity (Wildman–Crippen MR) is 130 cm³/mol. The van der Waals surface area contributed by atoms with Crippen LogP contribution in [0.25, 0.3) is 0 Å². The lowest BCUT2D eigenvalue weighted by molar-refractivity contribution is -0.144. The highest BCUT2D eigenvalue weighted by molar-refractivity contribution is 5.88. The van der Waals surface area contributed by atoms with Crippen molar-refractivity contribution in [1.82, 2.24) is 19.6 Å². The quantitative estimate of drug-likeness (QED) is 0.606. The highest BCUT2D eigenvalue weighted by atomic mass is 19.4. The molecule has 0 radical (unpaired) electrons. The number of carbonyl (C=O) groups is 3. The number of fused-ring (bicyclic) bond motifs is 1. The Labute approximate surface area is 217 Å². The molecule has 38 heavy (non-hydrogen) atoms. The number of benzene rings is 1. The van der Waals surface area contributed by atoms with Gasteiger partial charge in [-0.15, -0.1) is 5.10 Å². The number of carboxylic acids is 1. The zero-order chi connectivity index (χ0) is 27.2. The Balaban J connectivity index is 1.27. The third kappa shape index (κ3) is 5.01. The van der Waals surface area contributed by atoms with E-state index in [1.54, 1.807) is 17.0 Å². The molecule has 0 spiro atoms. The van der Waals surface area contributed by atoms with Gasteiger partial charge in [0.25, 0.3) is 0 Å². The number of hydrogen-bond acceptors (Lipinski definition) is 5. The van der Waals surface area contributed by atoms with Gasteiger partial charge in [0.1, 0.15) is 0 Å². The second-order valence-corrected chi connectivity index (χ2v) is 10.7. The molecule has 2 atom stereocenters. The summed E-state index contributed by atoms with van der Waals surface area (Å²) >= 11 is 0. The molecule has 1 saturated carbocycles. The van der Waals surface area contributed by atoms with Crippen molar-refractivity contribution in [1.29, 1.82) is 0 Å². The second kappa shape index (κ2) is 9.72. The van der Waals surface area contributed by atoms with Gasteiger partial charge in [-0.3, -0.25) is 14.5 Å². The summed E-state index contributed by atoms with van der Waals surface area (Å²) in [5.41, 5.74) is -1.39. The Morgan fingerprint density at radius 1 is 1.08 bits per heavy atom. The number of rotatable bonds is 5. The van der Waals surface area contributed by atoms with Crippen molar-refractivity contribution in [2.24, 2.45) is 11.8 Å². The van der Waals surface area contributed by atoms with Crippen LogP contribution in [-0.2, 0) is 27.7 Å². The number of alkyl halides is 3. The van der Waals surface area contributed by atoms with Crippen molar-refractivity contribution in [3.8, 4) is 0 Å². The highest BCUT2D eigenvalue weighted by Gasteiger charge is 2.45. The maximum Gasteiger partial charge on any atom is 0.416 e. The molecule has 0 bridgehead atoms. The first-order valence-corrected chi connectivity index (χ1v) is 12.7. The van der Waals surface area contributed by atoms with E-state index >= 15 is 0 Å². The number of aromatic nitrogens is 2. The molecule has 3 aliphatic rings. The molecule has 1 aromatic heterocycles. The van der Waals surface area contributed by atoms with Gasteiger partial charge in [-0.25, -0.2) is 4.79 Å². The number of likely N-dealkylation sites (tertiary alicyclic amines) is 2. The Hall–Kier alpha value is -3.41. The maximum atomic E-state index is 13.8. The summed E-state index contributed by atoms with van der Waals surface area (Å²) in [6, 6.07) is 5.03. The largest absolute Gasteiger partial charge is 0.481 e. The van der Waals surface area contributed by atoms with Crippen molar-refractivity contribution >= 4 is 23.7 Å². The Bertz CT molecular complexity index is 1240. The van der Waals surface area contributed by atoms with Gasteiger partial charge in [0, 0.05) is 51.9 Å². The van der Waals surface area contributed by atoms with Gasteiger partial charge in [-0.2, -0.15) is 17.9 Å². The van der Waals surface area contributed by atoms with Crippen LogP contribution >= 0.6 is 0 Å². The van der Waals surface area contributed by atoms with Crippen molar-refractivity contribution < 1.29 is 32.7 Å². The van der Waals surface area contributed by atoms with Crippen LogP contribution in [0.3, 0.4) is 0 Å². The van der Waals surface area contributed by atoms with E-state index in [1.807, 2.05) is 0 Å². The lowest BCUT2D eigenvalue weighted by Crippen LogP contribution is -2.36. The van der Waals surface area contributed by atoms with Crippen molar-refractivity contribution in [3.63, 3.8) is 0 Å². The number of amides is 2. The Kier molecular flexibility index (Phi) is 6.70. The summed E-state index contributed by atoms with van der Waals surface area (Å²) in [5, 5.41) is 16.6. The van der Waals surface area contributed by atoms with E-state index in [9.17, 15) is 32.7 Å². The molecule has 2 aromatic rings. The number of carbonyl (C=O) groups excluding carboxylic acids is 2. The van der Waals surface area contributed by atoms with Gasteiger partial charge in [-0.05, 0) is 47.9 Å². The minimum Gasteiger partial charge on any atom is -0.481 e. The molecule has 204 valence electrons. The standard InChI is InChI=1S/C26H30F3N5O4/c1-16(35)30-22-4-7-34(31-22)24(38)33-14-18-12-32(13-19(18)15-33)11-17-8-20(10-21(9-17)26(27,28)29)25(23(36)37)5-2-3-6-25/h4,7-10,18-19H,2-3,5-6,11-15H2,1H3,(H,36,37)(H,30,31,35). The minimum absolute atomic E-state index is 0.176. The fraction of sp³-hybridized carbons (Fsp3) is 0.538. The van der Waals surface area contributed by atoms with Gasteiger partial charge < -0.3 is 15.3 Å². The lowest BCUT2D eigenvalue weighted by atomic mass is 9.77. The first kappa shape index (κ1) is 26.2. The molecular formula is C26H30F3N5O4. The molecule has 2 amide bonds. The second-order valence-electron chi connectivity index (χ2n) is 10.7. The van der Waals surface area contributed by atoms with Crippen LogP contribution in [-0.4, -0.2) is 68.8 Å². The molecule has 2 saturated heterocycles. The number of nitrogens with one attached hydrogen (secondary N) is 1. The fourth-order valence-electron chi connectivity index (χ4n) is 6.28. The number of hydrogen-bond donors (Lipinski definition) is 2. The molecule has 2 unspecified atom stereocenters. The smallest absolute Gasteiger partial charge is 0.416 e. The van der Waals surface area contributed by atoms with Crippen LogP contribution < -0.4 is 5.32 Å². The van der Waals surface area contributed by atoms with E-state index in [0.29, 0.717) is 63.2 Å². The molecule has 1 aliphatic carbocycles. The molecule has 2 aliphatic heterocycles. The van der Waals surface area contributed by atoms with Crippen LogP contribution in [0.5, 0.6) is 0 Å². The highest BCUT2D eigenvalue weighted by Crippen LogP contribution is 2.44. The molecule has 2 N–H and O–H groups in total. The van der Waals surface area contributed by atoms with Crippen LogP contribution in [0.4, 0.5) is 23.8 Å². The minimum atomic E-state index is -4.57. The molecule has 5 rings (SSSR count). The van der Waals surface area contributed by atoms with Crippen molar-refractivity contribution in [2.75, 3.05) is 31.5 Å². The first-order chi connectivity index (χ1) is 17.9. The third-order valence-corrected chi connectivity index (χ3v) is 8.07. The topological polar surface area (TPSA) is 108 Å². The molecular weight excluding hydrogens is 503 g/mol. The number of aliphatic carboxylic acids is 1. The summed E-state index contributed by atoms with van der Waals surface area (Å²) in [4.78, 5) is 40.0. The van der Waals surface area contributed by atoms with E-state index in [4.69, 9.17) is 0 Å². The van der Waals surface area contributed by atoms with Crippen molar-refractivity contribution in [3.05, 3.63) is 47.2 Å². The summed E-state index contributed by atoms with van der Waals surface area (Å²) in [6.07, 6.45) is -1.05. The Morgan fingerprint density at radius 2 is 1.74 bits per heavy atom. The van der Waals surface area contributed by atoms with Gasteiger partial charge in [0.2, 0.25) is 5.91 Å². The van der Waals surface area contributed by atoms with Crippen LogP contribution in [0.2, 0.25) is 0 Å². The van der Waals surface area contributed by atoms with Gasteiger partial charge in [-0.1, -0.05) is 18.9 Å². The first-order valence-electron chi connectivity index (χ1n) is 12.7. The normalized spacial score (nSPS) is 23.0. The Morgan fingerprint density at radius 3 is 2.32 bits per heavy atom. The van der Waals surface area contributed by atoms with E-state index in [-0.39, 0.29) is 35.9 Å². The maximum absolute atomic E-state index is 13.8. The molecule has 12 heteroatoms. The zero-order valence-corrected chi connectivity index (χ0v) is 21.0. The number of carboxylic acid groups (broad SMARTS) is 1. The average Bonchev–Trinajstić information content (AvgIpc) is 3.61. The summed E-state index contributed by atoms with van der Waals surface area (Å²) < 4.78 is 42.5. The monoisotopic (exact) mass is 533 g/mol. The van der Waals surface area contributed by atoms with E-state index in [0.717, 1.165) is 12.1 Å². The molecule has 3 heterocycles. The number of halogens is 3. The summed E-state index contributed by atoms with van der Waals surface area (Å²) in [5.74, 6) is -0.710. The van der Waals surface area contributed by atoms with Crippen LogP contribution in [0.1, 0.15) is 49.3 Å². The molecule has 3 fully saturated rings. The molecule has 9 nitrogen and oxygen atoms in total. The SMILES string of the molecule is CC(=O)Nc1ccn(C(=O)N2CC3CN(Cc4cc(C(F)(F)F)cc(C5(C(=O)O)CCCC5)c4)CC3C2)n1. The van der Waals surface area contributed by atoms with Crippen molar-refractivity contribution in [2.45, 2.75) is 50.7 Å². The van der Waals surface area contributed by atoms with Gasteiger partial charge >= 0.3 is 18.2 Å². The predicted octanol–water partition coefficient (Wildman–Crippen LogP) is 3.79. The number of anilines is 1. The summed E-state index contributed by atoms with van der Waals surface area (Å²) in [7, 11) is 0. The van der Waals surface area contributed by atoms with E-state index < -0.39 is 23.1 Å². The average molecular weight is 534 g/mol. The van der Waals surface area contributed by atoms with Crippen LogP contribution in [0.15, 0.2) is 30.5 Å².